The molecule has 2 N–H and O–H groups in total. The van der Waals surface area contributed by atoms with Gasteiger partial charge < -0.3 is 5.73 Å². The molecule has 1 aromatic carbocycles. The van der Waals surface area contributed by atoms with Gasteiger partial charge in [-0.3, -0.25) is 0 Å². The summed E-state index contributed by atoms with van der Waals surface area (Å²) in [6, 6.07) is 9.98. The van der Waals surface area contributed by atoms with E-state index in [1.165, 1.54) is 25.7 Å². The average Bonchev–Trinajstić information content (AvgIpc) is 2.55. The van der Waals surface area contributed by atoms with Gasteiger partial charge in [-0.1, -0.05) is 56.5 Å². The Labute approximate surface area is 125 Å². The third kappa shape index (κ3) is 3.20. The Kier molecular flexibility index (Phi) is 4.13. The van der Waals surface area contributed by atoms with Crippen molar-refractivity contribution in [3.63, 3.8) is 0 Å². The fourth-order valence-electron chi connectivity index (χ4n) is 3.20. The van der Waals surface area contributed by atoms with Crippen molar-refractivity contribution >= 4 is 5.95 Å². The molecule has 0 saturated heterocycles. The van der Waals surface area contributed by atoms with E-state index in [9.17, 15) is 0 Å². The molecule has 0 amide bonds. The number of nitrogens with two attached hydrogens (primary N) is 1. The number of rotatable bonds is 3. The van der Waals surface area contributed by atoms with E-state index < -0.39 is 0 Å². The molecule has 3 rings (SSSR count). The minimum atomic E-state index is 0.331. The molecule has 1 aromatic heterocycles. The van der Waals surface area contributed by atoms with E-state index in [4.69, 9.17) is 10.7 Å². The van der Waals surface area contributed by atoms with Gasteiger partial charge in [0.15, 0.2) is 5.82 Å². The third-order valence-corrected chi connectivity index (χ3v) is 4.43. The summed E-state index contributed by atoms with van der Waals surface area (Å²) in [5, 5.41) is 0. The van der Waals surface area contributed by atoms with Crippen LogP contribution in [0.25, 0.3) is 11.4 Å². The second kappa shape index (κ2) is 6.20. The van der Waals surface area contributed by atoms with Crippen molar-refractivity contribution in [1.82, 2.24) is 15.0 Å². The summed E-state index contributed by atoms with van der Waals surface area (Å²) in [6.45, 7) is 2.27. The average molecular weight is 282 g/mol. The third-order valence-electron chi connectivity index (χ3n) is 4.43. The summed E-state index contributed by atoms with van der Waals surface area (Å²) in [5.74, 6) is 3.12. The summed E-state index contributed by atoms with van der Waals surface area (Å²) in [5.41, 5.74) is 6.90. The van der Waals surface area contributed by atoms with Crippen molar-refractivity contribution in [3.05, 3.63) is 36.2 Å². The molecule has 1 heterocycles. The molecule has 4 nitrogen and oxygen atoms in total. The van der Waals surface area contributed by atoms with Crippen LogP contribution in [0, 0.1) is 5.92 Å². The number of anilines is 1. The summed E-state index contributed by atoms with van der Waals surface area (Å²) < 4.78 is 0. The Morgan fingerprint density at radius 2 is 1.90 bits per heavy atom. The van der Waals surface area contributed by atoms with Crippen LogP contribution in [0.2, 0.25) is 0 Å². The molecule has 1 aliphatic rings. The minimum Gasteiger partial charge on any atom is -0.368 e. The first kappa shape index (κ1) is 14.0. The maximum atomic E-state index is 5.91. The molecule has 0 spiro atoms. The number of benzene rings is 1. The molecule has 1 saturated carbocycles. The van der Waals surface area contributed by atoms with E-state index in [-0.39, 0.29) is 0 Å². The predicted molar refractivity (Wildman–Crippen MR) is 84.7 cm³/mol. The Balaban J connectivity index is 1.91. The van der Waals surface area contributed by atoms with Gasteiger partial charge in [0.05, 0.1) is 0 Å². The van der Waals surface area contributed by atoms with Crippen LogP contribution in [-0.2, 0) is 0 Å². The lowest BCUT2D eigenvalue weighted by Crippen LogP contribution is -2.17. The number of hydrogen-bond acceptors (Lipinski definition) is 4. The standard InChI is InChI=1S/C17H22N4/c1-2-12-7-6-10-14(11-12)16-19-15(20-17(18)21-16)13-8-4-3-5-9-13/h3-5,8-9,12,14H,2,6-7,10-11H2,1H3,(H2,18,19,20,21). The van der Waals surface area contributed by atoms with Crippen molar-refractivity contribution < 1.29 is 0 Å². The fraction of sp³-hybridized carbons (Fsp3) is 0.471. The minimum absolute atomic E-state index is 0.331. The van der Waals surface area contributed by atoms with Gasteiger partial charge in [0, 0.05) is 11.5 Å². The summed E-state index contributed by atoms with van der Waals surface area (Å²) in [7, 11) is 0. The highest BCUT2D eigenvalue weighted by atomic mass is 15.1. The summed E-state index contributed by atoms with van der Waals surface area (Å²) >= 11 is 0. The van der Waals surface area contributed by atoms with Crippen LogP contribution in [0.1, 0.15) is 50.8 Å². The van der Waals surface area contributed by atoms with E-state index in [1.807, 2.05) is 30.3 Å². The topological polar surface area (TPSA) is 64.7 Å². The number of nitrogen functional groups attached to an aromatic ring is 1. The van der Waals surface area contributed by atoms with E-state index in [2.05, 4.69) is 16.9 Å². The number of nitrogens with zero attached hydrogens (tertiary/aromatic N) is 3. The molecule has 4 heteroatoms. The van der Waals surface area contributed by atoms with Crippen molar-refractivity contribution in [2.45, 2.75) is 44.9 Å². The zero-order valence-corrected chi connectivity index (χ0v) is 12.5. The first-order valence-electron chi connectivity index (χ1n) is 7.83. The van der Waals surface area contributed by atoms with Crippen molar-refractivity contribution in [1.29, 1.82) is 0 Å². The Bertz CT molecular complexity index is 597. The quantitative estimate of drug-likeness (QED) is 0.929. The molecule has 1 fully saturated rings. The van der Waals surface area contributed by atoms with Crippen molar-refractivity contribution in [3.8, 4) is 11.4 Å². The highest BCUT2D eigenvalue weighted by Gasteiger charge is 2.25. The molecule has 21 heavy (non-hydrogen) atoms. The Morgan fingerprint density at radius 3 is 2.67 bits per heavy atom. The summed E-state index contributed by atoms with van der Waals surface area (Å²) in [6.07, 6.45) is 6.17. The molecule has 2 atom stereocenters. The lowest BCUT2D eigenvalue weighted by molar-refractivity contribution is 0.307. The van der Waals surface area contributed by atoms with Crippen LogP contribution in [-0.4, -0.2) is 15.0 Å². The van der Waals surface area contributed by atoms with E-state index >= 15 is 0 Å². The molecule has 0 bridgehead atoms. The lowest BCUT2D eigenvalue weighted by Gasteiger charge is -2.27. The molecule has 0 radical (unpaired) electrons. The van der Waals surface area contributed by atoms with E-state index in [0.29, 0.717) is 17.7 Å². The number of aromatic nitrogens is 3. The van der Waals surface area contributed by atoms with Gasteiger partial charge in [-0.2, -0.15) is 9.97 Å². The maximum Gasteiger partial charge on any atom is 0.223 e. The first-order chi connectivity index (χ1) is 10.3. The molecule has 110 valence electrons. The zero-order chi connectivity index (χ0) is 14.7. The molecule has 2 unspecified atom stereocenters. The maximum absolute atomic E-state index is 5.91. The Morgan fingerprint density at radius 1 is 1.10 bits per heavy atom. The van der Waals surface area contributed by atoms with Gasteiger partial charge in [-0.15, -0.1) is 0 Å². The van der Waals surface area contributed by atoms with Crippen molar-refractivity contribution in [2.75, 3.05) is 5.73 Å². The SMILES string of the molecule is CCC1CCCC(c2nc(N)nc(-c3ccccc3)n2)C1. The van der Waals surface area contributed by atoms with Gasteiger partial charge in [0.1, 0.15) is 5.82 Å². The zero-order valence-electron chi connectivity index (χ0n) is 12.5. The smallest absolute Gasteiger partial charge is 0.223 e. The molecular weight excluding hydrogens is 260 g/mol. The predicted octanol–water partition coefficient (Wildman–Crippen LogP) is 3.80. The molecule has 2 aromatic rings. The van der Waals surface area contributed by atoms with Crippen molar-refractivity contribution in [2.24, 2.45) is 5.92 Å². The number of hydrogen-bond donors (Lipinski definition) is 1. The van der Waals surface area contributed by atoms with Crippen LogP contribution in [0.15, 0.2) is 30.3 Å². The lowest BCUT2D eigenvalue weighted by atomic mass is 9.80. The van der Waals surface area contributed by atoms with E-state index in [1.54, 1.807) is 0 Å². The second-order valence-electron chi connectivity index (χ2n) is 5.88. The second-order valence-corrected chi connectivity index (χ2v) is 5.88. The van der Waals surface area contributed by atoms with Gasteiger partial charge in [-0.25, -0.2) is 4.98 Å². The largest absolute Gasteiger partial charge is 0.368 e. The molecule has 0 aliphatic heterocycles. The highest BCUT2D eigenvalue weighted by molar-refractivity contribution is 5.55. The highest BCUT2D eigenvalue weighted by Crippen LogP contribution is 2.36. The Hall–Kier alpha value is -1.97. The van der Waals surface area contributed by atoms with E-state index in [0.717, 1.165) is 23.7 Å². The van der Waals surface area contributed by atoms with Gasteiger partial charge in [0.25, 0.3) is 0 Å². The normalized spacial score (nSPS) is 22.1. The van der Waals surface area contributed by atoms with Gasteiger partial charge >= 0.3 is 0 Å². The first-order valence-corrected chi connectivity index (χ1v) is 7.83. The fourth-order valence-corrected chi connectivity index (χ4v) is 3.20. The van der Waals surface area contributed by atoms with Crippen LogP contribution >= 0.6 is 0 Å². The van der Waals surface area contributed by atoms with Crippen LogP contribution in [0.5, 0.6) is 0 Å². The van der Waals surface area contributed by atoms with Gasteiger partial charge in [0.2, 0.25) is 5.95 Å². The van der Waals surface area contributed by atoms with Crippen LogP contribution in [0.4, 0.5) is 5.95 Å². The van der Waals surface area contributed by atoms with Gasteiger partial charge in [-0.05, 0) is 18.8 Å². The molecule has 1 aliphatic carbocycles. The molecular formula is C17H22N4. The summed E-state index contributed by atoms with van der Waals surface area (Å²) in [4.78, 5) is 13.4. The van der Waals surface area contributed by atoms with Crippen LogP contribution in [0.3, 0.4) is 0 Å². The monoisotopic (exact) mass is 282 g/mol. The van der Waals surface area contributed by atoms with Crippen LogP contribution < -0.4 is 5.73 Å².